The normalized spacial score (nSPS) is 14.1. The van der Waals surface area contributed by atoms with Gasteiger partial charge in [-0.25, -0.2) is 0 Å². The van der Waals surface area contributed by atoms with Gasteiger partial charge in [-0.3, -0.25) is 4.79 Å². The van der Waals surface area contributed by atoms with Crippen molar-refractivity contribution in [3.05, 3.63) is 68.1 Å². The summed E-state index contributed by atoms with van der Waals surface area (Å²) in [6.45, 7) is 13.8. The molecule has 3 nitrogen and oxygen atoms in total. The molecule has 1 aromatic heterocycles. The smallest absolute Gasteiger partial charge is 0.291 e. The molecular formula is C22H30O3. The molecular weight excluding hydrogens is 312 g/mol. The summed E-state index contributed by atoms with van der Waals surface area (Å²) in [5.74, 6) is 0.847. The Labute approximate surface area is 151 Å². The highest BCUT2D eigenvalue weighted by Gasteiger charge is 2.15. The Hall–Kier alpha value is -2.29. The fourth-order valence-corrected chi connectivity index (χ4v) is 2.88. The number of hydrogen-bond acceptors (Lipinski definition) is 3. The van der Waals surface area contributed by atoms with Crippen molar-refractivity contribution in [3.8, 4) is 5.95 Å². The third-order valence-corrected chi connectivity index (χ3v) is 3.95. The minimum absolute atomic E-state index is 0.0381. The molecule has 136 valence electrons. The molecule has 0 atom stereocenters. The van der Waals surface area contributed by atoms with E-state index in [9.17, 15) is 4.79 Å². The predicted molar refractivity (Wildman–Crippen MR) is 106 cm³/mol. The van der Waals surface area contributed by atoms with E-state index in [1.165, 1.54) is 18.3 Å². The molecule has 25 heavy (non-hydrogen) atoms. The number of allylic oxidation sites excluding steroid dienone is 8. The lowest BCUT2D eigenvalue weighted by Crippen LogP contribution is -2.12. The first-order chi connectivity index (χ1) is 11.7. The van der Waals surface area contributed by atoms with Crippen molar-refractivity contribution in [2.24, 2.45) is 0 Å². The molecule has 0 N–H and O–H groups in total. The van der Waals surface area contributed by atoms with Gasteiger partial charge < -0.3 is 9.15 Å². The Kier molecular flexibility index (Phi) is 7.69. The third-order valence-electron chi connectivity index (χ3n) is 3.95. The molecule has 1 rings (SSSR count). The highest BCUT2D eigenvalue weighted by molar-refractivity contribution is 5.65. The van der Waals surface area contributed by atoms with Gasteiger partial charge in [0.2, 0.25) is 0 Å². The minimum atomic E-state index is -0.0381. The van der Waals surface area contributed by atoms with Gasteiger partial charge in [0.1, 0.15) is 5.76 Å². The zero-order chi connectivity index (χ0) is 19.1. The van der Waals surface area contributed by atoms with Crippen molar-refractivity contribution in [2.75, 3.05) is 7.11 Å². The molecule has 0 amide bonds. The maximum atomic E-state index is 12.3. The van der Waals surface area contributed by atoms with Crippen molar-refractivity contribution in [1.29, 1.82) is 0 Å². The van der Waals surface area contributed by atoms with E-state index in [-0.39, 0.29) is 11.4 Å². The Bertz CT molecular complexity index is 799. The Morgan fingerprint density at radius 3 is 2.08 bits per heavy atom. The molecule has 0 aromatic carbocycles. The van der Waals surface area contributed by atoms with Gasteiger partial charge >= 0.3 is 0 Å². The van der Waals surface area contributed by atoms with Gasteiger partial charge in [-0.1, -0.05) is 47.9 Å². The summed E-state index contributed by atoms with van der Waals surface area (Å²) in [6, 6.07) is 0. The summed E-state index contributed by atoms with van der Waals surface area (Å²) < 4.78 is 11.0. The zero-order valence-corrected chi connectivity index (χ0v) is 16.7. The highest BCUT2D eigenvalue weighted by Crippen LogP contribution is 2.25. The minimum Gasteiger partial charge on any atom is -0.468 e. The largest absolute Gasteiger partial charge is 0.468 e. The zero-order valence-electron chi connectivity index (χ0n) is 16.7. The van der Waals surface area contributed by atoms with Gasteiger partial charge in [0, 0.05) is 5.56 Å². The summed E-state index contributed by atoms with van der Waals surface area (Å²) in [4.78, 5) is 12.3. The van der Waals surface area contributed by atoms with E-state index in [1.54, 1.807) is 13.8 Å². The van der Waals surface area contributed by atoms with Crippen LogP contribution in [-0.4, -0.2) is 7.11 Å². The first-order valence-electron chi connectivity index (χ1n) is 8.61. The number of ether oxygens (including phenoxy) is 1. The van der Waals surface area contributed by atoms with E-state index in [4.69, 9.17) is 9.15 Å². The molecule has 0 saturated carbocycles. The average Bonchev–Trinajstić information content (AvgIpc) is 2.52. The van der Waals surface area contributed by atoms with Crippen molar-refractivity contribution in [1.82, 2.24) is 0 Å². The van der Waals surface area contributed by atoms with Crippen LogP contribution in [0.1, 0.15) is 57.9 Å². The predicted octanol–water partition coefficient (Wildman–Crippen LogP) is 5.92. The van der Waals surface area contributed by atoms with Crippen LogP contribution in [0.3, 0.4) is 0 Å². The number of hydrogen-bond donors (Lipinski definition) is 0. The molecule has 1 aromatic rings. The van der Waals surface area contributed by atoms with E-state index < -0.39 is 0 Å². The fourth-order valence-electron chi connectivity index (χ4n) is 2.88. The van der Waals surface area contributed by atoms with Crippen LogP contribution in [-0.2, 0) is 0 Å². The first kappa shape index (κ1) is 20.8. The van der Waals surface area contributed by atoms with Crippen molar-refractivity contribution < 1.29 is 9.15 Å². The number of rotatable bonds is 6. The van der Waals surface area contributed by atoms with Crippen LogP contribution >= 0.6 is 0 Å². The molecule has 3 heteroatoms. The first-order valence-corrected chi connectivity index (χ1v) is 8.61. The second-order valence-corrected chi connectivity index (χ2v) is 6.46. The van der Waals surface area contributed by atoms with Crippen molar-refractivity contribution >= 4 is 5.57 Å². The van der Waals surface area contributed by atoms with Crippen LogP contribution in [0, 0.1) is 13.8 Å². The van der Waals surface area contributed by atoms with Crippen LogP contribution in [0.15, 0.2) is 50.2 Å². The summed E-state index contributed by atoms with van der Waals surface area (Å²) >= 11 is 0. The Morgan fingerprint density at radius 1 is 0.960 bits per heavy atom. The molecule has 0 spiro atoms. The molecule has 0 aliphatic carbocycles. The van der Waals surface area contributed by atoms with Gasteiger partial charge in [-0.05, 0) is 53.5 Å². The lowest BCUT2D eigenvalue weighted by molar-refractivity contribution is 0.288. The SMILES string of the molecule is CC/C=C(C)/C=C(C)/C=C(C)\C=C(\C)c1oc(OC)c(C)c(=O)c1C. The second-order valence-electron chi connectivity index (χ2n) is 6.46. The van der Waals surface area contributed by atoms with Gasteiger partial charge in [0.05, 0.1) is 12.7 Å². The van der Waals surface area contributed by atoms with E-state index in [2.05, 4.69) is 39.0 Å². The second kappa shape index (κ2) is 9.26. The third kappa shape index (κ3) is 5.63. The molecule has 0 fully saturated rings. The quantitative estimate of drug-likeness (QED) is 0.603. The van der Waals surface area contributed by atoms with Gasteiger partial charge in [-0.2, -0.15) is 0 Å². The fraction of sp³-hybridized carbons (Fsp3) is 0.409. The Morgan fingerprint density at radius 2 is 1.52 bits per heavy atom. The van der Waals surface area contributed by atoms with Crippen LogP contribution in [0.5, 0.6) is 5.95 Å². The molecule has 0 aliphatic rings. The summed E-state index contributed by atoms with van der Waals surface area (Å²) in [6.07, 6.45) is 9.54. The van der Waals surface area contributed by atoms with Crippen LogP contribution in [0.25, 0.3) is 5.57 Å². The molecule has 0 unspecified atom stereocenters. The molecule has 0 aliphatic heterocycles. The molecule has 0 saturated heterocycles. The standard InChI is InChI=1S/C22H30O3/c1-9-10-14(2)11-15(3)12-16(4)13-17(5)21-18(6)20(23)19(7)22(24-8)25-21/h10-13H,9H2,1-8H3/b14-10+,15-11+,16-12-,17-13-. The lowest BCUT2D eigenvalue weighted by Gasteiger charge is -2.10. The maximum Gasteiger partial charge on any atom is 0.291 e. The van der Waals surface area contributed by atoms with Crippen LogP contribution < -0.4 is 10.2 Å². The molecule has 0 radical (unpaired) electrons. The lowest BCUT2D eigenvalue weighted by atomic mass is 10.0. The van der Waals surface area contributed by atoms with Crippen LogP contribution in [0.4, 0.5) is 0 Å². The van der Waals surface area contributed by atoms with Crippen molar-refractivity contribution in [2.45, 2.75) is 54.9 Å². The monoisotopic (exact) mass is 342 g/mol. The van der Waals surface area contributed by atoms with E-state index in [0.717, 1.165) is 17.6 Å². The van der Waals surface area contributed by atoms with Gasteiger partial charge in [0.15, 0.2) is 5.43 Å². The highest BCUT2D eigenvalue weighted by atomic mass is 16.6. The molecule has 0 bridgehead atoms. The Balaban J connectivity index is 3.25. The van der Waals surface area contributed by atoms with E-state index in [1.807, 2.05) is 19.9 Å². The number of methoxy groups -OCH3 is 1. The summed E-state index contributed by atoms with van der Waals surface area (Å²) in [5.41, 5.74) is 5.50. The van der Waals surface area contributed by atoms with E-state index in [0.29, 0.717) is 16.9 Å². The van der Waals surface area contributed by atoms with E-state index >= 15 is 0 Å². The maximum absolute atomic E-state index is 12.3. The average molecular weight is 342 g/mol. The summed E-state index contributed by atoms with van der Waals surface area (Å²) in [5, 5.41) is 0. The van der Waals surface area contributed by atoms with Gasteiger partial charge in [0.25, 0.3) is 5.95 Å². The topological polar surface area (TPSA) is 39.4 Å². The molecule has 1 heterocycles. The van der Waals surface area contributed by atoms with Crippen molar-refractivity contribution in [3.63, 3.8) is 0 Å². The van der Waals surface area contributed by atoms with Gasteiger partial charge in [-0.15, -0.1) is 0 Å². The van der Waals surface area contributed by atoms with Crippen LogP contribution in [0.2, 0.25) is 0 Å². The summed E-state index contributed by atoms with van der Waals surface area (Å²) in [7, 11) is 1.51.